The van der Waals surface area contributed by atoms with Gasteiger partial charge in [0.25, 0.3) is 0 Å². The molecule has 0 saturated carbocycles. The van der Waals surface area contributed by atoms with Crippen molar-refractivity contribution in [2.45, 2.75) is 44.6 Å². The fourth-order valence-electron chi connectivity index (χ4n) is 3.60. The molecule has 1 aromatic carbocycles. The van der Waals surface area contributed by atoms with E-state index in [2.05, 4.69) is 18.3 Å². The molecule has 0 bridgehead atoms. The van der Waals surface area contributed by atoms with Crippen LogP contribution in [-0.2, 0) is 9.59 Å². The number of benzene rings is 1. The van der Waals surface area contributed by atoms with Crippen molar-refractivity contribution in [3.63, 3.8) is 0 Å². The van der Waals surface area contributed by atoms with Gasteiger partial charge in [0, 0.05) is 24.9 Å². The van der Waals surface area contributed by atoms with Gasteiger partial charge in [-0.1, -0.05) is 23.9 Å². The Balaban J connectivity index is 1.77. The van der Waals surface area contributed by atoms with Crippen LogP contribution in [0.1, 0.15) is 44.1 Å². The Morgan fingerprint density at radius 1 is 1.37 bits per heavy atom. The molecule has 0 spiro atoms. The summed E-state index contributed by atoms with van der Waals surface area (Å²) in [6, 6.07) is 8.24. The zero-order valence-electron chi connectivity index (χ0n) is 15.2. The maximum Gasteiger partial charge on any atom is 0.233 e. The summed E-state index contributed by atoms with van der Waals surface area (Å²) in [6.45, 7) is 2.81. The van der Waals surface area contributed by atoms with Crippen molar-refractivity contribution < 1.29 is 14.0 Å². The van der Waals surface area contributed by atoms with Gasteiger partial charge in [-0.2, -0.15) is 5.26 Å². The summed E-state index contributed by atoms with van der Waals surface area (Å²) < 4.78 is 13.2. The third kappa shape index (κ3) is 4.51. The van der Waals surface area contributed by atoms with Gasteiger partial charge in [-0.05, 0) is 43.9 Å². The Morgan fingerprint density at radius 3 is 2.78 bits per heavy atom. The second-order valence-electron chi connectivity index (χ2n) is 6.93. The molecule has 2 aliphatic rings. The van der Waals surface area contributed by atoms with Crippen LogP contribution in [0.5, 0.6) is 0 Å². The average Bonchev–Trinajstić information content (AvgIpc) is 2.66. The third-order valence-corrected chi connectivity index (χ3v) is 6.09. The van der Waals surface area contributed by atoms with E-state index in [-0.39, 0.29) is 35.8 Å². The van der Waals surface area contributed by atoms with Crippen LogP contribution in [0.2, 0.25) is 0 Å². The number of thioether (sulfide) groups is 1. The third-order valence-electron chi connectivity index (χ3n) is 5.09. The van der Waals surface area contributed by atoms with Crippen molar-refractivity contribution in [3.8, 4) is 6.07 Å². The number of halogens is 1. The molecule has 0 unspecified atom stereocenters. The highest BCUT2D eigenvalue weighted by Crippen LogP contribution is 2.36. The molecule has 1 fully saturated rings. The molecule has 7 heteroatoms. The molecule has 27 heavy (non-hydrogen) atoms. The van der Waals surface area contributed by atoms with Crippen LogP contribution < -0.4 is 5.32 Å². The van der Waals surface area contributed by atoms with Crippen LogP contribution in [0.15, 0.2) is 34.9 Å². The lowest BCUT2D eigenvalue weighted by Gasteiger charge is -2.33. The van der Waals surface area contributed by atoms with Crippen molar-refractivity contribution >= 4 is 23.6 Å². The number of nitrogens with zero attached hydrogens (tertiary/aromatic N) is 2. The molecule has 2 atom stereocenters. The summed E-state index contributed by atoms with van der Waals surface area (Å²) in [4.78, 5) is 26.6. The van der Waals surface area contributed by atoms with Gasteiger partial charge in [0.05, 0.1) is 22.4 Å². The number of rotatable bonds is 4. The van der Waals surface area contributed by atoms with Crippen molar-refractivity contribution in [2.75, 3.05) is 12.3 Å². The smallest absolute Gasteiger partial charge is 0.233 e. The second kappa shape index (κ2) is 8.57. The van der Waals surface area contributed by atoms with Crippen molar-refractivity contribution in [1.29, 1.82) is 5.26 Å². The highest BCUT2D eigenvalue weighted by molar-refractivity contribution is 8.03. The van der Waals surface area contributed by atoms with E-state index in [1.807, 2.05) is 4.90 Å². The molecule has 0 aromatic heterocycles. The first-order valence-electron chi connectivity index (χ1n) is 9.11. The van der Waals surface area contributed by atoms with Gasteiger partial charge in [0.2, 0.25) is 11.8 Å². The summed E-state index contributed by atoms with van der Waals surface area (Å²) in [5.41, 5.74) is 1.14. The Bertz CT molecular complexity index is 800. The fourth-order valence-corrected chi connectivity index (χ4v) is 4.56. The zero-order valence-corrected chi connectivity index (χ0v) is 16.0. The van der Waals surface area contributed by atoms with Gasteiger partial charge < -0.3 is 10.2 Å². The number of carbonyl (C=O) groups excluding carboxylic acids is 2. The van der Waals surface area contributed by atoms with Crippen molar-refractivity contribution in [3.05, 3.63) is 46.2 Å². The predicted molar refractivity (Wildman–Crippen MR) is 102 cm³/mol. The van der Waals surface area contributed by atoms with E-state index in [1.54, 1.807) is 12.1 Å². The number of amides is 2. The Kier molecular flexibility index (Phi) is 6.17. The molecule has 142 valence electrons. The molecule has 0 radical (unpaired) electrons. The predicted octanol–water partition coefficient (Wildman–Crippen LogP) is 3.30. The molecule has 1 saturated heterocycles. The summed E-state index contributed by atoms with van der Waals surface area (Å²) in [7, 11) is 0. The monoisotopic (exact) mass is 387 g/mol. The number of nitriles is 1. The van der Waals surface area contributed by atoms with Crippen LogP contribution >= 0.6 is 11.8 Å². The highest BCUT2D eigenvalue weighted by atomic mass is 32.2. The molecule has 1 aromatic rings. The van der Waals surface area contributed by atoms with Crippen LogP contribution in [0.3, 0.4) is 0 Å². The molecule has 2 heterocycles. The van der Waals surface area contributed by atoms with Crippen molar-refractivity contribution in [2.24, 2.45) is 0 Å². The second-order valence-corrected chi connectivity index (χ2v) is 7.92. The van der Waals surface area contributed by atoms with E-state index in [0.29, 0.717) is 10.6 Å². The van der Waals surface area contributed by atoms with E-state index >= 15 is 0 Å². The minimum atomic E-state index is -0.420. The van der Waals surface area contributed by atoms with E-state index in [4.69, 9.17) is 0 Å². The van der Waals surface area contributed by atoms with Crippen LogP contribution in [0.4, 0.5) is 4.39 Å². The highest BCUT2D eigenvalue weighted by Gasteiger charge is 2.31. The van der Waals surface area contributed by atoms with E-state index in [9.17, 15) is 19.2 Å². The first-order valence-corrected chi connectivity index (χ1v) is 10.1. The number of likely N-dealkylation sites (tertiary alicyclic amines) is 1. The number of allylic oxidation sites excluding steroid dienone is 1. The van der Waals surface area contributed by atoms with Crippen molar-refractivity contribution in [1.82, 2.24) is 10.2 Å². The quantitative estimate of drug-likeness (QED) is 0.860. The van der Waals surface area contributed by atoms with Gasteiger partial charge in [-0.3, -0.25) is 9.59 Å². The maximum atomic E-state index is 13.2. The zero-order chi connectivity index (χ0) is 19.4. The molecule has 2 aliphatic heterocycles. The molecular formula is C20H22FN3O2S. The molecular weight excluding hydrogens is 365 g/mol. The average molecular weight is 387 g/mol. The molecule has 0 aliphatic carbocycles. The molecule has 3 rings (SSSR count). The number of hydrogen-bond donors (Lipinski definition) is 1. The maximum absolute atomic E-state index is 13.2. The number of carbonyl (C=O) groups is 2. The van der Waals surface area contributed by atoms with Crippen LogP contribution in [0, 0.1) is 17.1 Å². The minimum Gasteiger partial charge on any atom is -0.339 e. The summed E-state index contributed by atoms with van der Waals surface area (Å²) in [6.07, 6.45) is 3.29. The van der Waals surface area contributed by atoms with E-state index in [0.717, 1.165) is 31.4 Å². The van der Waals surface area contributed by atoms with Gasteiger partial charge in [0.15, 0.2) is 0 Å². The Labute approximate surface area is 162 Å². The molecule has 1 N–H and O–H groups in total. The Hall–Kier alpha value is -2.33. The van der Waals surface area contributed by atoms with Gasteiger partial charge >= 0.3 is 0 Å². The largest absolute Gasteiger partial charge is 0.339 e. The van der Waals surface area contributed by atoms with Gasteiger partial charge in [0.1, 0.15) is 5.82 Å². The number of piperidine rings is 1. The normalized spacial score (nSPS) is 23.0. The Morgan fingerprint density at radius 2 is 2.11 bits per heavy atom. The van der Waals surface area contributed by atoms with E-state index in [1.165, 1.54) is 23.9 Å². The number of hydrogen-bond acceptors (Lipinski definition) is 4. The van der Waals surface area contributed by atoms with Crippen LogP contribution in [-0.4, -0.2) is 35.1 Å². The molecule has 2 amide bonds. The fraction of sp³-hybridized carbons (Fsp3) is 0.450. The van der Waals surface area contributed by atoms with E-state index < -0.39 is 5.92 Å². The molecule has 5 nitrogen and oxygen atoms in total. The van der Waals surface area contributed by atoms with Gasteiger partial charge in [-0.15, -0.1) is 0 Å². The lowest BCUT2D eigenvalue weighted by Crippen LogP contribution is -2.43. The first kappa shape index (κ1) is 19.4. The number of nitrogens with one attached hydrogen (secondary N) is 1. The lowest BCUT2D eigenvalue weighted by molar-refractivity contribution is -0.131. The lowest BCUT2D eigenvalue weighted by atomic mass is 9.87. The summed E-state index contributed by atoms with van der Waals surface area (Å²) in [5, 5.41) is 12.8. The minimum absolute atomic E-state index is 0.0233. The topological polar surface area (TPSA) is 73.2 Å². The van der Waals surface area contributed by atoms with Crippen LogP contribution in [0.25, 0.3) is 0 Å². The standard InChI is InChI=1S/C20H22FN3O2S/c1-13-4-2-3-9-24(13)19(26)12-27-20-17(11-22)16(10-18(25)23-20)14-5-7-15(21)8-6-14/h5-8,13,16H,2-4,9-10,12H2,1H3,(H,23,25)/t13-,16-/m0/s1. The summed E-state index contributed by atoms with van der Waals surface area (Å²) in [5.74, 6) is -0.783. The first-order chi connectivity index (χ1) is 13.0. The van der Waals surface area contributed by atoms with Gasteiger partial charge in [-0.25, -0.2) is 4.39 Å². The summed E-state index contributed by atoms with van der Waals surface area (Å²) >= 11 is 1.20. The SMILES string of the molecule is C[C@H]1CCCCN1C(=O)CSC1=C(C#N)[C@H](c2ccc(F)cc2)CC(=O)N1.